The van der Waals surface area contributed by atoms with E-state index in [1.165, 1.54) is 4.88 Å². The minimum atomic E-state index is -0.0820. The lowest BCUT2D eigenvalue weighted by atomic mass is 9.78. The summed E-state index contributed by atoms with van der Waals surface area (Å²) in [6.45, 7) is 3.89. The highest BCUT2D eigenvalue weighted by atomic mass is 32.1. The number of amides is 1. The molecule has 2 aromatic rings. The Kier molecular flexibility index (Phi) is 4.86. The van der Waals surface area contributed by atoms with Gasteiger partial charge in [0.2, 0.25) is 0 Å². The van der Waals surface area contributed by atoms with E-state index in [1.807, 2.05) is 14.0 Å². The van der Waals surface area contributed by atoms with E-state index in [9.17, 15) is 4.79 Å². The number of nitrogens with one attached hydrogen (secondary N) is 2. The highest BCUT2D eigenvalue weighted by Gasteiger charge is 2.51. The first-order valence-corrected chi connectivity index (χ1v) is 10.1. The number of ether oxygens (including phenoxy) is 1. The van der Waals surface area contributed by atoms with Gasteiger partial charge in [-0.1, -0.05) is 6.07 Å². The molecule has 2 aromatic heterocycles. The van der Waals surface area contributed by atoms with Gasteiger partial charge in [0.15, 0.2) is 0 Å². The average molecular weight is 375 g/mol. The number of fused-ring (bicyclic) bond motifs is 1. The molecule has 0 unspecified atom stereocenters. The number of nitrogens with zero attached hydrogens (tertiary/aromatic N) is 2. The second-order valence-electron chi connectivity index (χ2n) is 7.41. The number of rotatable bonds is 5. The quantitative estimate of drug-likeness (QED) is 0.844. The summed E-state index contributed by atoms with van der Waals surface area (Å²) in [5.74, 6) is -0.0820. The number of aromatic nitrogens is 2. The van der Waals surface area contributed by atoms with Crippen LogP contribution >= 0.6 is 11.3 Å². The van der Waals surface area contributed by atoms with Crippen LogP contribution in [-0.4, -0.2) is 52.1 Å². The van der Waals surface area contributed by atoms with Crippen LogP contribution in [0.3, 0.4) is 0 Å². The molecule has 2 N–H and O–H groups in total. The Balaban J connectivity index is 1.46. The van der Waals surface area contributed by atoms with Crippen molar-refractivity contribution in [3.05, 3.63) is 40.1 Å². The van der Waals surface area contributed by atoms with E-state index in [0.717, 1.165) is 44.5 Å². The summed E-state index contributed by atoms with van der Waals surface area (Å²) in [6.07, 6.45) is 5.50. The fraction of sp³-hybridized carbons (Fsp3) is 0.579. The third-order valence-electron chi connectivity index (χ3n) is 6.02. The summed E-state index contributed by atoms with van der Waals surface area (Å²) in [6, 6.07) is 4.81. The maximum absolute atomic E-state index is 12.5. The van der Waals surface area contributed by atoms with Crippen molar-refractivity contribution in [3.8, 4) is 0 Å². The maximum Gasteiger partial charge on any atom is 0.271 e. The fourth-order valence-corrected chi connectivity index (χ4v) is 5.28. The van der Waals surface area contributed by atoms with Gasteiger partial charge in [-0.2, -0.15) is 0 Å². The molecule has 1 saturated carbocycles. The first-order chi connectivity index (χ1) is 12.6. The third-order valence-corrected chi connectivity index (χ3v) is 6.88. The average Bonchev–Trinajstić information content (AvgIpc) is 3.37. The second kappa shape index (κ2) is 7.13. The van der Waals surface area contributed by atoms with Crippen molar-refractivity contribution in [2.45, 2.75) is 56.8 Å². The zero-order chi connectivity index (χ0) is 18.1. The van der Waals surface area contributed by atoms with Crippen molar-refractivity contribution < 1.29 is 9.53 Å². The summed E-state index contributed by atoms with van der Waals surface area (Å²) >= 11 is 1.80. The van der Waals surface area contributed by atoms with Gasteiger partial charge in [0.25, 0.3) is 5.91 Å². The molecule has 1 aliphatic carbocycles. The standard InChI is InChI=1S/C19H26N4O2S/c1-13-17(21-12-20-13)18(24)22-14-5-6-19(25-2)7-8-23(16(19)10-14)11-15-4-3-9-26-15/h3-4,9,12,14,16H,5-8,10-11H2,1-2H3,(H,20,21)(H,22,24)/t14-,16+,19-/m1/s1. The molecule has 0 spiro atoms. The zero-order valence-corrected chi connectivity index (χ0v) is 16.1. The molecule has 7 heteroatoms. The van der Waals surface area contributed by atoms with Crippen LogP contribution in [0.15, 0.2) is 23.8 Å². The largest absolute Gasteiger partial charge is 0.377 e. The van der Waals surface area contributed by atoms with Crippen molar-refractivity contribution >= 4 is 17.2 Å². The van der Waals surface area contributed by atoms with Crippen LogP contribution in [0.4, 0.5) is 0 Å². The smallest absolute Gasteiger partial charge is 0.271 e. The van der Waals surface area contributed by atoms with Crippen LogP contribution < -0.4 is 5.32 Å². The molecule has 2 fully saturated rings. The third kappa shape index (κ3) is 3.19. The second-order valence-corrected chi connectivity index (χ2v) is 8.44. The number of imidazole rings is 1. The monoisotopic (exact) mass is 374 g/mol. The van der Waals surface area contributed by atoms with Crippen molar-refractivity contribution in [1.29, 1.82) is 0 Å². The van der Waals surface area contributed by atoms with E-state index in [0.29, 0.717) is 11.7 Å². The van der Waals surface area contributed by atoms with Gasteiger partial charge < -0.3 is 15.0 Å². The summed E-state index contributed by atoms with van der Waals surface area (Å²) < 4.78 is 6.03. The Labute approximate surface area is 158 Å². The number of carbonyl (C=O) groups excluding carboxylic acids is 1. The first-order valence-electron chi connectivity index (χ1n) is 9.24. The highest BCUT2D eigenvalue weighted by Crippen LogP contribution is 2.43. The highest BCUT2D eigenvalue weighted by molar-refractivity contribution is 7.09. The van der Waals surface area contributed by atoms with Gasteiger partial charge in [-0.15, -0.1) is 11.3 Å². The molecule has 3 heterocycles. The van der Waals surface area contributed by atoms with Crippen LogP contribution in [0, 0.1) is 6.92 Å². The van der Waals surface area contributed by atoms with Gasteiger partial charge in [-0.25, -0.2) is 4.98 Å². The van der Waals surface area contributed by atoms with E-state index in [-0.39, 0.29) is 17.6 Å². The SMILES string of the molecule is CO[C@@]12CC[C@@H](NC(=O)c3nc[nH]c3C)C[C@@H]1N(Cc1cccs1)CC2. The minimum absolute atomic E-state index is 0.0687. The van der Waals surface area contributed by atoms with Gasteiger partial charge in [-0.3, -0.25) is 9.69 Å². The van der Waals surface area contributed by atoms with Crippen LogP contribution in [-0.2, 0) is 11.3 Å². The number of carbonyl (C=O) groups is 1. The Bertz CT molecular complexity index is 759. The van der Waals surface area contributed by atoms with E-state index in [4.69, 9.17) is 4.74 Å². The molecule has 1 aliphatic heterocycles. The van der Waals surface area contributed by atoms with E-state index < -0.39 is 0 Å². The van der Waals surface area contributed by atoms with Gasteiger partial charge in [0.05, 0.1) is 11.9 Å². The van der Waals surface area contributed by atoms with Crippen LogP contribution in [0.25, 0.3) is 0 Å². The van der Waals surface area contributed by atoms with Gasteiger partial charge in [-0.05, 0) is 44.1 Å². The summed E-state index contributed by atoms with van der Waals surface area (Å²) in [5, 5.41) is 5.32. The van der Waals surface area contributed by atoms with Crippen molar-refractivity contribution in [2.24, 2.45) is 0 Å². The van der Waals surface area contributed by atoms with E-state index in [2.05, 4.69) is 37.7 Å². The number of aromatic amines is 1. The van der Waals surface area contributed by atoms with Gasteiger partial charge in [0, 0.05) is 42.9 Å². The van der Waals surface area contributed by atoms with E-state index >= 15 is 0 Å². The number of H-pyrrole nitrogens is 1. The number of thiophene rings is 1. The molecule has 1 amide bonds. The predicted molar refractivity (Wildman–Crippen MR) is 101 cm³/mol. The van der Waals surface area contributed by atoms with Gasteiger partial charge >= 0.3 is 0 Å². The molecule has 6 nitrogen and oxygen atoms in total. The van der Waals surface area contributed by atoms with Gasteiger partial charge in [0.1, 0.15) is 5.69 Å². The molecule has 0 bridgehead atoms. The predicted octanol–water partition coefficient (Wildman–Crippen LogP) is 2.72. The van der Waals surface area contributed by atoms with Crippen molar-refractivity contribution in [2.75, 3.05) is 13.7 Å². The van der Waals surface area contributed by atoms with E-state index in [1.54, 1.807) is 17.7 Å². The Morgan fingerprint density at radius 2 is 2.42 bits per heavy atom. The number of hydrogen-bond acceptors (Lipinski definition) is 5. The van der Waals surface area contributed by atoms with Crippen LogP contribution in [0.5, 0.6) is 0 Å². The lowest BCUT2D eigenvalue weighted by Gasteiger charge is -2.44. The lowest BCUT2D eigenvalue weighted by molar-refractivity contribution is -0.0676. The van der Waals surface area contributed by atoms with Crippen LogP contribution in [0.1, 0.15) is 46.7 Å². The molecule has 0 aromatic carbocycles. The number of methoxy groups -OCH3 is 1. The van der Waals surface area contributed by atoms with Crippen LogP contribution in [0.2, 0.25) is 0 Å². The summed E-state index contributed by atoms with van der Waals surface area (Å²) in [4.78, 5) is 23.6. The normalized spacial score (nSPS) is 28.8. The molecular formula is C19H26N4O2S. The molecular weight excluding hydrogens is 348 g/mol. The molecule has 26 heavy (non-hydrogen) atoms. The Morgan fingerprint density at radius 3 is 3.12 bits per heavy atom. The first kappa shape index (κ1) is 17.7. The fourth-order valence-electron chi connectivity index (χ4n) is 4.55. The Hall–Kier alpha value is -1.70. The zero-order valence-electron chi connectivity index (χ0n) is 15.3. The summed E-state index contributed by atoms with van der Waals surface area (Å²) in [7, 11) is 1.84. The minimum Gasteiger partial charge on any atom is -0.377 e. The number of aryl methyl sites for hydroxylation is 1. The van der Waals surface area contributed by atoms with Crippen molar-refractivity contribution in [3.63, 3.8) is 0 Å². The topological polar surface area (TPSA) is 70.2 Å². The lowest BCUT2D eigenvalue weighted by Crippen LogP contribution is -2.54. The molecule has 2 aliphatic rings. The van der Waals surface area contributed by atoms with Crippen molar-refractivity contribution in [1.82, 2.24) is 20.2 Å². The molecule has 140 valence electrons. The Morgan fingerprint density at radius 1 is 1.54 bits per heavy atom. The molecule has 4 rings (SSSR count). The molecule has 0 radical (unpaired) electrons. The number of likely N-dealkylation sites (tertiary alicyclic amines) is 1. The molecule has 1 saturated heterocycles. The maximum atomic E-state index is 12.5. The summed E-state index contributed by atoms with van der Waals surface area (Å²) in [5.41, 5.74) is 1.24. The number of hydrogen-bond donors (Lipinski definition) is 2. The molecule has 3 atom stereocenters.